The van der Waals surface area contributed by atoms with Gasteiger partial charge in [-0.1, -0.05) is 41.6 Å². The Balaban J connectivity index is 1.56. The fraction of sp³-hybridized carbons (Fsp3) is 0.500. The normalized spacial score (nSPS) is 19.7. The first-order chi connectivity index (χ1) is 11.4. The van der Waals surface area contributed by atoms with Crippen LogP contribution in [0.3, 0.4) is 0 Å². The summed E-state index contributed by atoms with van der Waals surface area (Å²) >= 11 is 7.81. The Morgan fingerprint density at radius 3 is 2.83 bits per heavy atom. The number of benzene rings is 1. The maximum absolute atomic E-state index is 11.6. The Morgan fingerprint density at radius 2 is 2.12 bits per heavy atom. The predicted octanol–water partition coefficient (Wildman–Crippen LogP) is 2.78. The molecule has 3 rings (SSSR count). The van der Waals surface area contributed by atoms with E-state index >= 15 is 0 Å². The zero-order chi connectivity index (χ0) is 17.2. The van der Waals surface area contributed by atoms with Gasteiger partial charge >= 0.3 is 0 Å². The Morgan fingerprint density at radius 1 is 1.33 bits per heavy atom. The van der Waals surface area contributed by atoms with E-state index < -0.39 is 9.84 Å². The molecule has 1 aliphatic rings. The summed E-state index contributed by atoms with van der Waals surface area (Å²) in [4.78, 5) is 0. The molecule has 0 amide bonds. The minimum absolute atomic E-state index is 0.166. The lowest BCUT2D eigenvalue weighted by Gasteiger charge is -2.08. The van der Waals surface area contributed by atoms with Crippen molar-refractivity contribution in [3.8, 4) is 0 Å². The molecule has 1 unspecified atom stereocenters. The highest BCUT2D eigenvalue weighted by Crippen LogP contribution is 2.24. The quantitative estimate of drug-likeness (QED) is 0.715. The molecule has 1 saturated heterocycles. The summed E-state index contributed by atoms with van der Waals surface area (Å²) in [6.07, 6.45) is 2.27. The summed E-state index contributed by atoms with van der Waals surface area (Å²) in [7, 11) is -0.905. The number of rotatable bonds is 6. The first-order valence-electron chi connectivity index (χ1n) is 7.89. The molecule has 24 heavy (non-hydrogen) atoms. The second kappa shape index (κ2) is 7.45. The van der Waals surface area contributed by atoms with Gasteiger partial charge in [0.1, 0.15) is 5.82 Å². The van der Waals surface area contributed by atoms with Gasteiger partial charge in [-0.3, -0.25) is 0 Å². The number of hydrogen-bond acceptors (Lipinski definition) is 5. The van der Waals surface area contributed by atoms with E-state index in [9.17, 15) is 8.42 Å². The molecule has 1 aromatic heterocycles. The molecule has 2 aromatic rings. The highest BCUT2D eigenvalue weighted by atomic mass is 35.5. The van der Waals surface area contributed by atoms with E-state index in [-0.39, 0.29) is 11.7 Å². The van der Waals surface area contributed by atoms with Crippen LogP contribution in [-0.2, 0) is 29.7 Å². The van der Waals surface area contributed by atoms with E-state index in [1.165, 1.54) is 0 Å². The van der Waals surface area contributed by atoms with Crippen molar-refractivity contribution in [2.45, 2.75) is 24.4 Å². The third kappa shape index (κ3) is 4.32. The number of aromatic nitrogens is 3. The van der Waals surface area contributed by atoms with Gasteiger partial charge in [0.25, 0.3) is 0 Å². The standard InChI is InChI=1S/C16H20ClN3O2S2/c1-20-15(10-12-7-9-24(21,22)11-12)18-19-16(20)23-8-6-13-4-2-3-5-14(13)17/h2-5,12H,6-11H2,1H3. The van der Waals surface area contributed by atoms with Crippen LogP contribution in [0.5, 0.6) is 0 Å². The van der Waals surface area contributed by atoms with Gasteiger partial charge in [0.15, 0.2) is 15.0 Å². The third-order valence-electron chi connectivity index (χ3n) is 4.28. The van der Waals surface area contributed by atoms with Crippen molar-refractivity contribution >= 4 is 33.2 Å². The minimum Gasteiger partial charge on any atom is -0.309 e. The summed E-state index contributed by atoms with van der Waals surface area (Å²) in [6, 6.07) is 7.85. The van der Waals surface area contributed by atoms with E-state index in [1.54, 1.807) is 11.8 Å². The number of hydrogen-bond donors (Lipinski definition) is 0. The van der Waals surface area contributed by atoms with Gasteiger partial charge in [0, 0.05) is 24.2 Å². The van der Waals surface area contributed by atoms with Crippen LogP contribution in [0.4, 0.5) is 0 Å². The summed E-state index contributed by atoms with van der Waals surface area (Å²) in [5, 5.41) is 10.1. The molecule has 0 spiro atoms. The van der Waals surface area contributed by atoms with Crippen molar-refractivity contribution < 1.29 is 8.42 Å². The monoisotopic (exact) mass is 385 g/mol. The Hall–Kier alpha value is -1.05. The second-order valence-electron chi connectivity index (χ2n) is 6.12. The van der Waals surface area contributed by atoms with Crippen LogP contribution in [0.1, 0.15) is 17.8 Å². The predicted molar refractivity (Wildman–Crippen MR) is 97.3 cm³/mol. The first-order valence-corrected chi connectivity index (χ1v) is 11.1. The fourth-order valence-electron chi connectivity index (χ4n) is 2.89. The van der Waals surface area contributed by atoms with E-state index in [0.29, 0.717) is 12.2 Å². The van der Waals surface area contributed by atoms with Crippen LogP contribution in [0.25, 0.3) is 0 Å². The molecule has 1 atom stereocenters. The molecule has 0 bridgehead atoms. The zero-order valence-electron chi connectivity index (χ0n) is 13.5. The van der Waals surface area contributed by atoms with Crippen LogP contribution >= 0.6 is 23.4 Å². The van der Waals surface area contributed by atoms with Crippen molar-refractivity contribution in [3.05, 3.63) is 40.7 Å². The SMILES string of the molecule is Cn1c(CC2CCS(=O)(=O)C2)nnc1SCCc1ccccc1Cl. The maximum atomic E-state index is 11.6. The van der Waals surface area contributed by atoms with Crippen molar-refractivity contribution in [2.75, 3.05) is 17.3 Å². The molecular weight excluding hydrogens is 366 g/mol. The number of halogens is 1. The van der Waals surface area contributed by atoms with Gasteiger partial charge < -0.3 is 4.57 Å². The first kappa shape index (κ1) is 17.8. The average Bonchev–Trinajstić information content (AvgIpc) is 3.05. The van der Waals surface area contributed by atoms with Crippen LogP contribution in [0, 0.1) is 5.92 Å². The van der Waals surface area contributed by atoms with Crippen molar-refractivity contribution in [3.63, 3.8) is 0 Å². The largest absolute Gasteiger partial charge is 0.309 e. The fourth-order valence-corrected chi connectivity index (χ4v) is 5.89. The summed E-state index contributed by atoms with van der Waals surface area (Å²) in [5.41, 5.74) is 1.13. The smallest absolute Gasteiger partial charge is 0.190 e. The van der Waals surface area contributed by atoms with E-state index in [2.05, 4.69) is 10.2 Å². The highest BCUT2D eigenvalue weighted by molar-refractivity contribution is 7.99. The summed E-state index contributed by atoms with van der Waals surface area (Å²) in [6.45, 7) is 0. The molecule has 1 aliphatic heterocycles. The van der Waals surface area contributed by atoms with Gasteiger partial charge in [-0.2, -0.15) is 0 Å². The minimum atomic E-state index is -2.85. The topological polar surface area (TPSA) is 64.8 Å². The van der Waals surface area contributed by atoms with Crippen LogP contribution in [0.2, 0.25) is 5.02 Å². The molecule has 0 N–H and O–H groups in total. The zero-order valence-corrected chi connectivity index (χ0v) is 15.9. The average molecular weight is 386 g/mol. The molecule has 130 valence electrons. The second-order valence-corrected chi connectivity index (χ2v) is 9.82. The lowest BCUT2D eigenvalue weighted by atomic mass is 10.1. The Labute approximate surface area is 151 Å². The van der Waals surface area contributed by atoms with Gasteiger partial charge in [-0.25, -0.2) is 8.42 Å². The lowest BCUT2D eigenvalue weighted by Crippen LogP contribution is -2.11. The third-order valence-corrected chi connectivity index (χ3v) is 7.51. The van der Waals surface area contributed by atoms with Crippen LogP contribution in [0.15, 0.2) is 29.4 Å². The van der Waals surface area contributed by atoms with Crippen LogP contribution in [-0.4, -0.2) is 40.4 Å². The number of thioether (sulfide) groups is 1. The summed E-state index contributed by atoms with van der Waals surface area (Å²) in [5.74, 6) is 2.47. The molecule has 1 fully saturated rings. The molecule has 1 aromatic carbocycles. The van der Waals surface area contributed by atoms with E-state index in [1.807, 2.05) is 35.9 Å². The highest BCUT2D eigenvalue weighted by Gasteiger charge is 2.29. The Bertz CT molecular complexity index is 820. The number of nitrogens with zero attached hydrogens (tertiary/aromatic N) is 3. The molecule has 0 radical (unpaired) electrons. The molecule has 0 saturated carbocycles. The van der Waals surface area contributed by atoms with Crippen molar-refractivity contribution in [1.29, 1.82) is 0 Å². The molecule has 5 nitrogen and oxygen atoms in total. The van der Waals surface area contributed by atoms with Gasteiger partial charge in [0.2, 0.25) is 0 Å². The molecule has 2 heterocycles. The van der Waals surface area contributed by atoms with Gasteiger partial charge in [0.05, 0.1) is 11.5 Å². The molecule has 8 heteroatoms. The van der Waals surface area contributed by atoms with Crippen LogP contribution < -0.4 is 0 Å². The van der Waals surface area contributed by atoms with E-state index in [4.69, 9.17) is 11.6 Å². The number of aryl methyl sites for hydroxylation is 1. The van der Waals surface area contributed by atoms with E-state index in [0.717, 1.165) is 40.2 Å². The molecular formula is C16H20ClN3O2S2. The van der Waals surface area contributed by atoms with Gasteiger partial charge in [-0.15, -0.1) is 10.2 Å². The molecule has 0 aliphatic carbocycles. The maximum Gasteiger partial charge on any atom is 0.190 e. The number of sulfone groups is 1. The lowest BCUT2D eigenvalue weighted by molar-refractivity contribution is 0.552. The van der Waals surface area contributed by atoms with Crippen molar-refractivity contribution in [1.82, 2.24) is 14.8 Å². The Kier molecular flexibility index (Phi) is 5.52. The van der Waals surface area contributed by atoms with Gasteiger partial charge in [-0.05, 0) is 30.4 Å². The van der Waals surface area contributed by atoms with Crippen molar-refractivity contribution in [2.24, 2.45) is 13.0 Å². The summed E-state index contributed by atoms with van der Waals surface area (Å²) < 4.78 is 25.1.